The van der Waals surface area contributed by atoms with Crippen LogP contribution in [0.4, 0.5) is 5.69 Å². The molecule has 1 unspecified atom stereocenters. The maximum Gasteiger partial charge on any atom is 0.273 e. The molecule has 1 atom stereocenters. The standard InChI is InChI=1S/C25H29N5O3/c1-19(29-12-14-30(15-13-29)21-10-6-3-7-11-21)17-26-24(31)18-27-25(32)22-16-23(33-28-22)20-8-4-2-5-9-20/h2-11,16,19H,12-15,17-18H2,1H3,(H,26,31)(H,27,32). The van der Waals surface area contributed by atoms with Crippen LogP contribution < -0.4 is 15.5 Å². The van der Waals surface area contributed by atoms with Crippen molar-refractivity contribution in [3.8, 4) is 11.3 Å². The summed E-state index contributed by atoms with van der Waals surface area (Å²) < 4.78 is 5.24. The molecular weight excluding hydrogens is 418 g/mol. The summed E-state index contributed by atoms with van der Waals surface area (Å²) in [6.45, 7) is 6.33. The van der Waals surface area contributed by atoms with E-state index in [0.29, 0.717) is 12.3 Å². The van der Waals surface area contributed by atoms with Crippen LogP contribution in [0.3, 0.4) is 0 Å². The topological polar surface area (TPSA) is 90.7 Å². The minimum Gasteiger partial charge on any atom is -0.369 e. The molecule has 2 amide bonds. The van der Waals surface area contributed by atoms with Crippen molar-refractivity contribution in [2.45, 2.75) is 13.0 Å². The van der Waals surface area contributed by atoms with E-state index in [1.165, 1.54) is 5.69 Å². The van der Waals surface area contributed by atoms with E-state index in [1.807, 2.05) is 36.4 Å². The molecule has 2 heterocycles. The summed E-state index contributed by atoms with van der Waals surface area (Å²) in [4.78, 5) is 29.3. The van der Waals surface area contributed by atoms with E-state index in [1.54, 1.807) is 6.07 Å². The molecule has 1 aliphatic rings. The summed E-state index contributed by atoms with van der Waals surface area (Å²) in [6.07, 6.45) is 0. The zero-order valence-corrected chi connectivity index (χ0v) is 18.7. The van der Waals surface area contributed by atoms with E-state index in [-0.39, 0.29) is 24.2 Å². The molecule has 172 valence electrons. The monoisotopic (exact) mass is 447 g/mol. The van der Waals surface area contributed by atoms with Crippen molar-refractivity contribution < 1.29 is 14.1 Å². The molecule has 2 N–H and O–H groups in total. The molecule has 0 saturated carbocycles. The quantitative estimate of drug-likeness (QED) is 0.551. The van der Waals surface area contributed by atoms with E-state index >= 15 is 0 Å². The number of aromatic nitrogens is 1. The van der Waals surface area contributed by atoms with Gasteiger partial charge in [0.05, 0.1) is 6.54 Å². The van der Waals surface area contributed by atoms with E-state index in [9.17, 15) is 9.59 Å². The SMILES string of the molecule is CC(CNC(=O)CNC(=O)c1cc(-c2ccccc2)on1)N1CCN(c2ccccc2)CC1. The lowest BCUT2D eigenvalue weighted by molar-refractivity contribution is -0.120. The van der Waals surface area contributed by atoms with E-state index < -0.39 is 5.91 Å². The van der Waals surface area contributed by atoms with Crippen molar-refractivity contribution in [3.05, 3.63) is 72.4 Å². The molecule has 8 heteroatoms. The van der Waals surface area contributed by atoms with Crippen LogP contribution in [0, 0.1) is 0 Å². The summed E-state index contributed by atoms with van der Waals surface area (Å²) in [6, 6.07) is 21.6. The van der Waals surface area contributed by atoms with Gasteiger partial charge in [-0.1, -0.05) is 53.7 Å². The molecule has 1 fully saturated rings. The summed E-state index contributed by atoms with van der Waals surface area (Å²) >= 11 is 0. The highest BCUT2D eigenvalue weighted by molar-refractivity contribution is 5.95. The summed E-state index contributed by atoms with van der Waals surface area (Å²) in [5, 5.41) is 9.31. The van der Waals surface area contributed by atoms with Gasteiger partial charge in [0, 0.05) is 56.1 Å². The number of carbonyl (C=O) groups is 2. The Morgan fingerprint density at radius 3 is 2.33 bits per heavy atom. The van der Waals surface area contributed by atoms with Crippen LogP contribution >= 0.6 is 0 Å². The van der Waals surface area contributed by atoms with Gasteiger partial charge < -0.3 is 20.1 Å². The molecule has 1 saturated heterocycles. The Balaban J connectivity index is 1.17. The highest BCUT2D eigenvalue weighted by Gasteiger charge is 2.22. The molecule has 8 nitrogen and oxygen atoms in total. The van der Waals surface area contributed by atoms with Gasteiger partial charge in [0.25, 0.3) is 5.91 Å². The Hall–Kier alpha value is -3.65. The maximum absolute atomic E-state index is 12.3. The van der Waals surface area contributed by atoms with Gasteiger partial charge >= 0.3 is 0 Å². The fraction of sp³-hybridized carbons (Fsp3) is 0.320. The van der Waals surface area contributed by atoms with Crippen molar-refractivity contribution >= 4 is 17.5 Å². The Labute approximate surface area is 193 Å². The first-order chi connectivity index (χ1) is 16.1. The van der Waals surface area contributed by atoms with Gasteiger partial charge in [-0.25, -0.2) is 0 Å². The fourth-order valence-corrected chi connectivity index (χ4v) is 3.88. The molecule has 1 aromatic heterocycles. The smallest absolute Gasteiger partial charge is 0.273 e. The number of nitrogens with one attached hydrogen (secondary N) is 2. The number of hydrogen-bond donors (Lipinski definition) is 2. The van der Waals surface area contributed by atoms with E-state index in [0.717, 1.165) is 31.7 Å². The second-order valence-corrected chi connectivity index (χ2v) is 8.14. The van der Waals surface area contributed by atoms with Crippen LogP contribution in [-0.2, 0) is 4.79 Å². The van der Waals surface area contributed by atoms with Crippen molar-refractivity contribution in [3.63, 3.8) is 0 Å². The van der Waals surface area contributed by atoms with Crippen LogP contribution in [0.2, 0.25) is 0 Å². The lowest BCUT2D eigenvalue weighted by Crippen LogP contribution is -2.53. The van der Waals surface area contributed by atoms with Gasteiger partial charge in [-0.15, -0.1) is 0 Å². The Morgan fingerprint density at radius 2 is 1.64 bits per heavy atom. The zero-order valence-electron chi connectivity index (χ0n) is 18.7. The molecule has 0 bridgehead atoms. The minimum atomic E-state index is -0.443. The number of hydrogen-bond acceptors (Lipinski definition) is 6. The average Bonchev–Trinajstić information content (AvgIpc) is 3.37. The van der Waals surface area contributed by atoms with Crippen LogP contribution in [0.5, 0.6) is 0 Å². The fourth-order valence-electron chi connectivity index (χ4n) is 3.88. The lowest BCUT2D eigenvalue weighted by Gasteiger charge is -2.39. The number of nitrogens with zero attached hydrogens (tertiary/aromatic N) is 3. The first-order valence-corrected chi connectivity index (χ1v) is 11.2. The molecule has 1 aliphatic heterocycles. The normalized spacial score (nSPS) is 15.1. The van der Waals surface area contributed by atoms with Crippen LogP contribution in [0.25, 0.3) is 11.3 Å². The predicted octanol–water partition coefficient (Wildman–Crippen LogP) is 2.40. The molecule has 0 radical (unpaired) electrons. The highest BCUT2D eigenvalue weighted by atomic mass is 16.5. The Kier molecular flexibility index (Phi) is 7.36. The molecule has 0 spiro atoms. The van der Waals surface area contributed by atoms with Gasteiger partial charge in [0.15, 0.2) is 11.5 Å². The summed E-state index contributed by atoms with van der Waals surface area (Å²) in [5.74, 6) is -0.169. The van der Waals surface area contributed by atoms with Crippen LogP contribution in [-0.4, -0.2) is 67.2 Å². The lowest BCUT2D eigenvalue weighted by atomic mass is 10.1. The Morgan fingerprint density at radius 1 is 0.970 bits per heavy atom. The number of benzene rings is 2. The highest BCUT2D eigenvalue weighted by Crippen LogP contribution is 2.19. The molecule has 0 aliphatic carbocycles. The van der Waals surface area contributed by atoms with Gasteiger partial charge in [0.1, 0.15) is 0 Å². The predicted molar refractivity (Wildman–Crippen MR) is 127 cm³/mol. The third-order valence-corrected chi connectivity index (χ3v) is 5.86. The number of amides is 2. The van der Waals surface area contributed by atoms with Crippen molar-refractivity contribution in [1.29, 1.82) is 0 Å². The van der Waals surface area contributed by atoms with E-state index in [4.69, 9.17) is 4.52 Å². The number of piperazine rings is 1. The maximum atomic E-state index is 12.3. The third kappa shape index (κ3) is 5.98. The summed E-state index contributed by atoms with van der Waals surface area (Å²) in [5.41, 5.74) is 2.23. The second-order valence-electron chi connectivity index (χ2n) is 8.14. The van der Waals surface area contributed by atoms with Gasteiger partial charge in [-0.2, -0.15) is 0 Å². The average molecular weight is 448 g/mol. The number of anilines is 1. The van der Waals surface area contributed by atoms with Crippen LogP contribution in [0.1, 0.15) is 17.4 Å². The number of carbonyl (C=O) groups excluding carboxylic acids is 2. The molecule has 33 heavy (non-hydrogen) atoms. The zero-order chi connectivity index (χ0) is 23.0. The molecule has 2 aromatic carbocycles. The molecule has 3 aromatic rings. The first-order valence-electron chi connectivity index (χ1n) is 11.2. The first kappa shape index (κ1) is 22.5. The summed E-state index contributed by atoms with van der Waals surface area (Å²) in [7, 11) is 0. The van der Waals surface area contributed by atoms with Crippen molar-refractivity contribution in [2.24, 2.45) is 0 Å². The van der Waals surface area contributed by atoms with Gasteiger partial charge in [-0.3, -0.25) is 14.5 Å². The number of para-hydroxylation sites is 1. The largest absolute Gasteiger partial charge is 0.369 e. The van der Waals surface area contributed by atoms with Crippen molar-refractivity contribution in [2.75, 3.05) is 44.2 Å². The Bertz CT molecular complexity index is 1050. The second kappa shape index (κ2) is 10.8. The molecular formula is C25H29N5O3. The van der Waals surface area contributed by atoms with E-state index in [2.05, 4.69) is 56.8 Å². The molecule has 4 rings (SSSR count). The number of rotatable bonds is 8. The van der Waals surface area contributed by atoms with Gasteiger partial charge in [0.2, 0.25) is 5.91 Å². The van der Waals surface area contributed by atoms with Crippen LogP contribution in [0.15, 0.2) is 71.3 Å². The third-order valence-electron chi connectivity index (χ3n) is 5.86. The van der Waals surface area contributed by atoms with Crippen molar-refractivity contribution in [1.82, 2.24) is 20.7 Å². The van der Waals surface area contributed by atoms with Gasteiger partial charge in [-0.05, 0) is 19.1 Å². The minimum absolute atomic E-state index is 0.110.